The molecule has 1 N–H and O–H groups in total. The number of rotatable bonds is 7. The molecule has 1 fully saturated rings. The maximum Gasteiger partial charge on any atom is 0.213 e. The molecule has 0 amide bonds. The lowest BCUT2D eigenvalue weighted by Crippen LogP contribution is -2.38. The van der Waals surface area contributed by atoms with Crippen LogP contribution in [0.15, 0.2) is 0 Å². The minimum Gasteiger partial charge on any atom is -0.314 e. The molecule has 1 rings (SSSR count). The van der Waals surface area contributed by atoms with Crippen molar-refractivity contribution in [3.8, 4) is 0 Å². The van der Waals surface area contributed by atoms with Crippen molar-refractivity contribution in [1.82, 2.24) is 9.62 Å². The van der Waals surface area contributed by atoms with Crippen molar-refractivity contribution in [1.29, 1.82) is 0 Å². The number of piperidine rings is 1. The fourth-order valence-electron chi connectivity index (χ4n) is 2.30. The van der Waals surface area contributed by atoms with E-state index in [2.05, 4.69) is 19.2 Å². The SMILES string of the molecule is CCC(C)CN(C)S(=O)(=O)CCC1CCCCN1. The molecule has 0 aromatic rings. The minimum absolute atomic E-state index is 0.275. The highest BCUT2D eigenvalue weighted by molar-refractivity contribution is 7.89. The first kappa shape index (κ1) is 15.9. The van der Waals surface area contributed by atoms with Gasteiger partial charge in [0.1, 0.15) is 0 Å². The van der Waals surface area contributed by atoms with Gasteiger partial charge in [0, 0.05) is 19.6 Å². The van der Waals surface area contributed by atoms with E-state index in [0.717, 1.165) is 25.8 Å². The van der Waals surface area contributed by atoms with E-state index in [1.165, 1.54) is 17.1 Å². The van der Waals surface area contributed by atoms with Crippen molar-refractivity contribution in [2.75, 3.05) is 25.9 Å². The van der Waals surface area contributed by atoms with Crippen LogP contribution in [-0.4, -0.2) is 44.7 Å². The lowest BCUT2D eigenvalue weighted by molar-refractivity contribution is 0.377. The number of hydrogen-bond acceptors (Lipinski definition) is 3. The van der Waals surface area contributed by atoms with Gasteiger partial charge in [-0.25, -0.2) is 12.7 Å². The third kappa shape index (κ3) is 5.24. The largest absolute Gasteiger partial charge is 0.314 e. The molecule has 2 atom stereocenters. The molecular weight excluding hydrogens is 248 g/mol. The van der Waals surface area contributed by atoms with E-state index in [-0.39, 0.29) is 5.75 Å². The summed E-state index contributed by atoms with van der Waals surface area (Å²) < 4.78 is 25.8. The van der Waals surface area contributed by atoms with E-state index in [4.69, 9.17) is 0 Å². The Morgan fingerprint density at radius 3 is 2.67 bits per heavy atom. The Hall–Kier alpha value is -0.130. The van der Waals surface area contributed by atoms with Crippen LogP contribution in [0.3, 0.4) is 0 Å². The normalized spacial score (nSPS) is 23.2. The van der Waals surface area contributed by atoms with Crippen LogP contribution in [0, 0.1) is 5.92 Å². The molecule has 18 heavy (non-hydrogen) atoms. The van der Waals surface area contributed by atoms with Crippen LogP contribution in [0.1, 0.15) is 46.0 Å². The van der Waals surface area contributed by atoms with Crippen LogP contribution in [0.4, 0.5) is 0 Å². The van der Waals surface area contributed by atoms with E-state index in [1.807, 2.05) is 0 Å². The van der Waals surface area contributed by atoms with Crippen molar-refractivity contribution in [3.05, 3.63) is 0 Å². The molecule has 0 saturated carbocycles. The molecule has 0 bridgehead atoms. The summed E-state index contributed by atoms with van der Waals surface area (Å²) in [4.78, 5) is 0. The second kappa shape index (κ2) is 7.46. The third-order valence-corrected chi connectivity index (χ3v) is 5.73. The van der Waals surface area contributed by atoms with Gasteiger partial charge in [-0.3, -0.25) is 0 Å². The fourth-order valence-corrected chi connectivity index (χ4v) is 3.67. The van der Waals surface area contributed by atoms with Crippen molar-refractivity contribution in [3.63, 3.8) is 0 Å². The highest BCUT2D eigenvalue weighted by atomic mass is 32.2. The van der Waals surface area contributed by atoms with Gasteiger partial charge in [-0.15, -0.1) is 0 Å². The van der Waals surface area contributed by atoms with E-state index < -0.39 is 10.0 Å². The predicted octanol–water partition coefficient (Wildman–Crippen LogP) is 1.83. The van der Waals surface area contributed by atoms with Gasteiger partial charge in [0.2, 0.25) is 10.0 Å². The van der Waals surface area contributed by atoms with Gasteiger partial charge in [0.25, 0.3) is 0 Å². The zero-order valence-corrected chi connectivity index (χ0v) is 12.8. The second-order valence-corrected chi connectivity index (χ2v) is 7.74. The van der Waals surface area contributed by atoms with Crippen LogP contribution < -0.4 is 5.32 Å². The number of nitrogens with zero attached hydrogens (tertiary/aromatic N) is 1. The Morgan fingerprint density at radius 2 is 2.11 bits per heavy atom. The number of hydrogen-bond donors (Lipinski definition) is 1. The topological polar surface area (TPSA) is 49.4 Å². The molecule has 1 heterocycles. The van der Waals surface area contributed by atoms with Gasteiger partial charge >= 0.3 is 0 Å². The summed E-state index contributed by atoms with van der Waals surface area (Å²) >= 11 is 0. The average Bonchev–Trinajstić information content (AvgIpc) is 2.37. The maximum absolute atomic E-state index is 12.1. The van der Waals surface area contributed by atoms with E-state index in [0.29, 0.717) is 18.5 Å². The standard InChI is InChI=1S/C13H28N2O2S/c1-4-12(2)11-15(3)18(16,17)10-8-13-7-5-6-9-14-13/h12-14H,4-11H2,1-3H3. The van der Waals surface area contributed by atoms with Gasteiger partial charge in [0.15, 0.2) is 0 Å². The molecule has 0 radical (unpaired) electrons. The monoisotopic (exact) mass is 276 g/mol. The summed E-state index contributed by atoms with van der Waals surface area (Å²) in [5.41, 5.74) is 0. The molecule has 0 aromatic heterocycles. The summed E-state index contributed by atoms with van der Waals surface area (Å²) in [6, 6.07) is 0.394. The van der Waals surface area contributed by atoms with E-state index in [9.17, 15) is 8.42 Å². The van der Waals surface area contributed by atoms with Crippen molar-refractivity contribution >= 4 is 10.0 Å². The highest BCUT2D eigenvalue weighted by Gasteiger charge is 2.22. The van der Waals surface area contributed by atoms with Gasteiger partial charge in [-0.05, 0) is 31.7 Å². The average molecular weight is 276 g/mol. The first-order valence-corrected chi connectivity index (χ1v) is 8.74. The fraction of sp³-hybridized carbons (Fsp3) is 1.00. The van der Waals surface area contributed by atoms with E-state index >= 15 is 0 Å². The Kier molecular flexibility index (Phi) is 6.60. The summed E-state index contributed by atoms with van der Waals surface area (Å²) in [7, 11) is -1.37. The van der Waals surface area contributed by atoms with Gasteiger partial charge in [0.05, 0.1) is 5.75 Å². The molecule has 1 saturated heterocycles. The Labute approximate surface area is 112 Å². The van der Waals surface area contributed by atoms with E-state index in [1.54, 1.807) is 7.05 Å². The van der Waals surface area contributed by atoms with Crippen LogP contribution >= 0.6 is 0 Å². The maximum atomic E-state index is 12.1. The molecule has 5 heteroatoms. The minimum atomic E-state index is -3.07. The summed E-state index contributed by atoms with van der Waals surface area (Å²) in [6.07, 6.45) is 5.32. The Balaban J connectivity index is 2.38. The number of sulfonamides is 1. The zero-order valence-electron chi connectivity index (χ0n) is 12.0. The molecule has 0 aromatic carbocycles. The zero-order chi connectivity index (χ0) is 13.6. The van der Waals surface area contributed by atoms with Gasteiger partial charge in [-0.2, -0.15) is 0 Å². The third-order valence-electron chi connectivity index (χ3n) is 3.88. The first-order valence-electron chi connectivity index (χ1n) is 7.13. The van der Waals surface area contributed by atoms with Gasteiger partial charge < -0.3 is 5.32 Å². The Bertz CT molecular complexity index is 324. The molecule has 4 nitrogen and oxygen atoms in total. The highest BCUT2D eigenvalue weighted by Crippen LogP contribution is 2.13. The predicted molar refractivity (Wildman–Crippen MR) is 76.1 cm³/mol. The molecule has 108 valence electrons. The quantitative estimate of drug-likeness (QED) is 0.772. The molecule has 0 spiro atoms. The lowest BCUT2D eigenvalue weighted by Gasteiger charge is -2.25. The first-order chi connectivity index (χ1) is 8.45. The summed E-state index contributed by atoms with van der Waals surface area (Å²) in [6.45, 7) is 5.86. The van der Waals surface area contributed by atoms with Crippen LogP contribution in [0.2, 0.25) is 0 Å². The van der Waals surface area contributed by atoms with Crippen LogP contribution in [-0.2, 0) is 10.0 Å². The Morgan fingerprint density at radius 1 is 1.39 bits per heavy atom. The molecule has 1 aliphatic heterocycles. The molecule has 0 aliphatic carbocycles. The van der Waals surface area contributed by atoms with Crippen LogP contribution in [0.5, 0.6) is 0 Å². The summed E-state index contributed by atoms with van der Waals surface area (Å²) in [5.74, 6) is 0.704. The van der Waals surface area contributed by atoms with Crippen molar-refractivity contribution in [2.24, 2.45) is 5.92 Å². The van der Waals surface area contributed by atoms with Crippen molar-refractivity contribution in [2.45, 2.75) is 52.0 Å². The molecule has 1 aliphatic rings. The van der Waals surface area contributed by atoms with Crippen LogP contribution in [0.25, 0.3) is 0 Å². The molecule has 2 unspecified atom stereocenters. The second-order valence-electron chi connectivity index (χ2n) is 5.55. The summed E-state index contributed by atoms with van der Waals surface area (Å²) in [5, 5.41) is 3.40. The smallest absolute Gasteiger partial charge is 0.213 e. The van der Waals surface area contributed by atoms with Gasteiger partial charge in [-0.1, -0.05) is 26.7 Å². The number of nitrogens with one attached hydrogen (secondary N) is 1. The lowest BCUT2D eigenvalue weighted by atomic mass is 10.0. The molecular formula is C13H28N2O2S. The van der Waals surface area contributed by atoms with Crippen molar-refractivity contribution < 1.29 is 8.42 Å².